The van der Waals surface area contributed by atoms with E-state index < -0.39 is 17.2 Å². The summed E-state index contributed by atoms with van der Waals surface area (Å²) in [6.07, 6.45) is 3.56. The highest BCUT2D eigenvalue weighted by atomic mass is 19.1. The van der Waals surface area contributed by atoms with Gasteiger partial charge in [0.2, 0.25) is 0 Å². The van der Waals surface area contributed by atoms with E-state index in [2.05, 4.69) is 36.4 Å². The number of methoxy groups -OCH3 is 1. The molecule has 0 radical (unpaired) electrons. The van der Waals surface area contributed by atoms with Gasteiger partial charge in [-0.25, -0.2) is 13.5 Å². The van der Waals surface area contributed by atoms with E-state index in [-0.39, 0.29) is 11.4 Å². The van der Waals surface area contributed by atoms with Gasteiger partial charge in [0.15, 0.2) is 11.6 Å². The van der Waals surface area contributed by atoms with Crippen LogP contribution in [0.25, 0.3) is 23.1 Å². The normalized spacial score (nSPS) is 11.8. The number of nitrogens with zero attached hydrogens (tertiary/aromatic N) is 2. The second-order valence-corrected chi connectivity index (χ2v) is 9.72. The number of ether oxygens (including phenoxy) is 1. The van der Waals surface area contributed by atoms with Gasteiger partial charge in [-0.05, 0) is 46.5 Å². The van der Waals surface area contributed by atoms with Crippen LogP contribution >= 0.6 is 0 Å². The SMILES string of the molecule is COc1ccc(C=Cc2nn(C(c3ccccc3)(c3ccccc3)c3ccccc3)c3cc(F)c(N)cc23)cc1F. The van der Waals surface area contributed by atoms with E-state index in [0.29, 0.717) is 22.2 Å². The number of aromatic nitrogens is 2. The van der Waals surface area contributed by atoms with Crippen LogP contribution in [0.3, 0.4) is 0 Å². The molecular formula is C35H27F2N3O. The predicted molar refractivity (Wildman–Crippen MR) is 161 cm³/mol. The summed E-state index contributed by atoms with van der Waals surface area (Å²) >= 11 is 0. The van der Waals surface area contributed by atoms with Crippen molar-refractivity contribution in [1.29, 1.82) is 0 Å². The van der Waals surface area contributed by atoms with Gasteiger partial charge in [0.1, 0.15) is 11.4 Å². The summed E-state index contributed by atoms with van der Waals surface area (Å²) in [5.41, 5.74) is 9.74. The van der Waals surface area contributed by atoms with Crippen molar-refractivity contribution in [3.63, 3.8) is 0 Å². The summed E-state index contributed by atoms with van der Waals surface area (Å²) in [6, 6.07) is 37.9. The molecule has 0 aliphatic heterocycles. The summed E-state index contributed by atoms with van der Waals surface area (Å²) in [7, 11) is 1.43. The molecule has 0 unspecified atom stereocenters. The topological polar surface area (TPSA) is 53.1 Å². The Kier molecular flexibility index (Phi) is 6.81. The summed E-state index contributed by atoms with van der Waals surface area (Å²) < 4.78 is 36.5. The van der Waals surface area contributed by atoms with Gasteiger partial charge in [0.25, 0.3) is 0 Å². The van der Waals surface area contributed by atoms with Crippen molar-refractivity contribution in [2.24, 2.45) is 0 Å². The second kappa shape index (κ2) is 10.7. The van der Waals surface area contributed by atoms with Crippen molar-refractivity contribution >= 4 is 28.7 Å². The van der Waals surface area contributed by atoms with Crippen LogP contribution in [0, 0.1) is 11.6 Å². The van der Waals surface area contributed by atoms with Gasteiger partial charge < -0.3 is 10.5 Å². The molecule has 2 N–H and O–H groups in total. The molecule has 6 heteroatoms. The average Bonchev–Trinajstić information content (AvgIpc) is 3.35. The van der Waals surface area contributed by atoms with E-state index in [1.165, 1.54) is 19.2 Å². The van der Waals surface area contributed by atoms with Crippen molar-refractivity contribution in [2.45, 2.75) is 5.54 Å². The fourth-order valence-corrected chi connectivity index (χ4v) is 5.42. The van der Waals surface area contributed by atoms with Gasteiger partial charge in [-0.2, -0.15) is 5.10 Å². The lowest BCUT2D eigenvalue weighted by atomic mass is 9.77. The molecule has 0 saturated heterocycles. The van der Waals surface area contributed by atoms with E-state index in [1.54, 1.807) is 30.4 Å². The number of hydrogen-bond acceptors (Lipinski definition) is 3. The molecule has 0 aliphatic rings. The van der Waals surface area contributed by atoms with Gasteiger partial charge in [0, 0.05) is 11.5 Å². The molecule has 0 atom stereocenters. The van der Waals surface area contributed by atoms with Crippen LogP contribution in [0.2, 0.25) is 0 Å². The Morgan fingerprint density at radius 1 is 0.707 bits per heavy atom. The minimum atomic E-state index is -0.955. The molecule has 5 aromatic carbocycles. The van der Waals surface area contributed by atoms with Crippen LogP contribution in [0.1, 0.15) is 27.9 Å². The maximum atomic E-state index is 15.2. The zero-order chi connectivity index (χ0) is 28.4. The lowest BCUT2D eigenvalue weighted by Crippen LogP contribution is -2.38. The van der Waals surface area contributed by atoms with E-state index in [9.17, 15) is 4.39 Å². The number of anilines is 1. The maximum absolute atomic E-state index is 15.2. The molecule has 0 saturated carbocycles. The number of fused-ring (bicyclic) bond motifs is 1. The van der Waals surface area contributed by atoms with Crippen LogP contribution in [-0.4, -0.2) is 16.9 Å². The largest absolute Gasteiger partial charge is 0.494 e. The Labute approximate surface area is 237 Å². The summed E-state index contributed by atoms with van der Waals surface area (Å²) in [6.45, 7) is 0. The van der Waals surface area contributed by atoms with Crippen LogP contribution in [0.4, 0.5) is 14.5 Å². The number of rotatable bonds is 7. The lowest BCUT2D eigenvalue weighted by molar-refractivity contribution is 0.386. The van der Waals surface area contributed by atoms with Crippen molar-refractivity contribution in [1.82, 2.24) is 9.78 Å². The van der Waals surface area contributed by atoms with E-state index in [0.717, 1.165) is 16.7 Å². The van der Waals surface area contributed by atoms with Gasteiger partial charge in [-0.1, -0.05) is 103 Å². The highest BCUT2D eigenvalue weighted by molar-refractivity contribution is 5.92. The smallest absolute Gasteiger partial charge is 0.165 e. The van der Waals surface area contributed by atoms with E-state index >= 15 is 4.39 Å². The van der Waals surface area contributed by atoms with Crippen molar-refractivity contribution < 1.29 is 13.5 Å². The molecule has 0 spiro atoms. The first-order valence-electron chi connectivity index (χ1n) is 13.2. The quantitative estimate of drug-likeness (QED) is 0.164. The molecule has 1 heterocycles. The molecular weight excluding hydrogens is 516 g/mol. The number of halogens is 2. The minimum absolute atomic E-state index is 0.0203. The Balaban J connectivity index is 1.68. The van der Waals surface area contributed by atoms with Crippen LogP contribution in [0.5, 0.6) is 5.75 Å². The summed E-state index contributed by atoms with van der Waals surface area (Å²) in [4.78, 5) is 0. The minimum Gasteiger partial charge on any atom is -0.494 e. The molecule has 0 aliphatic carbocycles. The molecule has 202 valence electrons. The molecule has 0 amide bonds. The third-order valence-electron chi connectivity index (χ3n) is 7.33. The fraction of sp³-hybridized carbons (Fsp3) is 0.0571. The summed E-state index contributed by atoms with van der Waals surface area (Å²) in [5, 5.41) is 5.80. The van der Waals surface area contributed by atoms with Gasteiger partial charge in [0.05, 0.1) is 24.0 Å². The fourth-order valence-electron chi connectivity index (χ4n) is 5.42. The molecule has 41 heavy (non-hydrogen) atoms. The Morgan fingerprint density at radius 2 is 1.27 bits per heavy atom. The van der Waals surface area contributed by atoms with Crippen molar-refractivity contribution in [2.75, 3.05) is 12.8 Å². The maximum Gasteiger partial charge on any atom is 0.165 e. The second-order valence-electron chi connectivity index (χ2n) is 9.72. The summed E-state index contributed by atoms with van der Waals surface area (Å²) in [5.74, 6) is -0.833. The molecule has 4 nitrogen and oxygen atoms in total. The van der Waals surface area contributed by atoms with Gasteiger partial charge >= 0.3 is 0 Å². The highest BCUT2D eigenvalue weighted by Crippen LogP contribution is 2.43. The Bertz CT molecular complexity index is 1750. The molecule has 1 aromatic heterocycles. The first kappa shape index (κ1) is 26.0. The number of hydrogen-bond donors (Lipinski definition) is 1. The highest BCUT2D eigenvalue weighted by Gasteiger charge is 2.40. The van der Waals surface area contributed by atoms with Gasteiger partial charge in [-0.3, -0.25) is 0 Å². The van der Waals surface area contributed by atoms with Crippen LogP contribution < -0.4 is 10.5 Å². The number of benzene rings is 5. The number of nitrogens with two attached hydrogens (primary N) is 1. The van der Waals surface area contributed by atoms with Crippen molar-refractivity contribution in [3.05, 3.63) is 161 Å². The van der Waals surface area contributed by atoms with E-state index in [1.807, 2.05) is 59.3 Å². The molecule has 6 aromatic rings. The molecule has 6 rings (SSSR count). The van der Waals surface area contributed by atoms with Crippen molar-refractivity contribution in [3.8, 4) is 5.75 Å². The standard InChI is InChI=1S/C35H27F2N3O/c1-41-34-20-18-24(21-30(34)37)17-19-32-28-22-31(38)29(36)23-33(28)40(39-32)35(25-11-5-2-6-12-25,26-13-7-3-8-14-26)27-15-9-4-10-16-27/h2-23H,38H2,1H3. The molecule has 0 fully saturated rings. The third kappa shape index (κ3) is 4.53. The van der Waals surface area contributed by atoms with Crippen LogP contribution in [-0.2, 0) is 5.54 Å². The van der Waals surface area contributed by atoms with Crippen LogP contribution in [0.15, 0.2) is 121 Å². The Hall–Kier alpha value is -5.23. The first-order valence-corrected chi connectivity index (χ1v) is 13.2. The Morgan fingerprint density at radius 3 is 1.78 bits per heavy atom. The number of nitrogen functional groups attached to an aromatic ring is 1. The third-order valence-corrected chi connectivity index (χ3v) is 7.33. The first-order chi connectivity index (χ1) is 20.0. The lowest BCUT2D eigenvalue weighted by Gasteiger charge is -2.37. The van der Waals surface area contributed by atoms with Gasteiger partial charge in [-0.15, -0.1) is 0 Å². The average molecular weight is 544 g/mol. The zero-order valence-corrected chi connectivity index (χ0v) is 22.3. The predicted octanol–water partition coefficient (Wildman–Crippen LogP) is 7.92. The monoisotopic (exact) mass is 543 g/mol. The van der Waals surface area contributed by atoms with E-state index in [4.69, 9.17) is 15.6 Å². The zero-order valence-electron chi connectivity index (χ0n) is 22.3. The molecule has 0 bridgehead atoms.